The number of anilines is 1. The molecule has 0 atom stereocenters. The zero-order valence-electron chi connectivity index (χ0n) is 10.4. The first-order valence-corrected chi connectivity index (χ1v) is 7.79. The second-order valence-corrected chi connectivity index (χ2v) is 5.91. The van der Waals surface area contributed by atoms with Crippen molar-refractivity contribution in [1.82, 2.24) is 0 Å². The number of nitrogens with one attached hydrogen (secondary N) is 1. The second-order valence-electron chi connectivity index (χ2n) is 4.02. The van der Waals surface area contributed by atoms with Crippen LogP contribution >= 0.6 is 23.1 Å². The summed E-state index contributed by atoms with van der Waals surface area (Å²) < 4.78 is 4.83. The minimum atomic E-state index is -0.356. The summed E-state index contributed by atoms with van der Waals surface area (Å²) in [5.74, 6) is -0.356. The molecule has 1 aromatic rings. The second kappa shape index (κ2) is 5.75. The van der Waals surface area contributed by atoms with Crippen molar-refractivity contribution in [3.63, 3.8) is 0 Å². The van der Waals surface area contributed by atoms with Crippen LogP contribution in [0.15, 0.2) is 0 Å². The molecule has 1 aromatic heterocycles. The summed E-state index contributed by atoms with van der Waals surface area (Å²) >= 11 is 2.60. The van der Waals surface area contributed by atoms with E-state index in [1.165, 1.54) is 23.3 Å². The monoisotopic (exact) mass is 285 g/mol. The Balaban J connectivity index is 2.41. The molecule has 1 heterocycles. The highest BCUT2D eigenvalue weighted by atomic mass is 32.2. The lowest BCUT2D eigenvalue weighted by molar-refractivity contribution is 0.0601. The van der Waals surface area contributed by atoms with Gasteiger partial charge >= 0.3 is 5.97 Å². The molecule has 0 fully saturated rings. The number of amides is 1. The number of methoxy groups -OCH3 is 1. The molecule has 0 bridgehead atoms. The number of carbonyl (C=O) groups excluding carboxylic acids is 2. The van der Waals surface area contributed by atoms with Gasteiger partial charge in [-0.1, -0.05) is 11.8 Å². The summed E-state index contributed by atoms with van der Waals surface area (Å²) in [6.45, 7) is 0. The molecule has 1 N–H and O–H groups in total. The minimum Gasteiger partial charge on any atom is -0.465 e. The number of carbonyl (C=O) groups is 2. The van der Waals surface area contributed by atoms with Crippen molar-refractivity contribution in [2.45, 2.75) is 25.7 Å². The van der Waals surface area contributed by atoms with Gasteiger partial charge in [-0.25, -0.2) is 4.79 Å². The first kappa shape index (κ1) is 13.4. The lowest BCUT2D eigenvalue weighted by Crippen LogP contribution is -2.11. The van der Waals surface area contributed by atoms with Gasteiger partial charge in [0.05, 0.1) is 12.7 Å². The molecule has 0 aromatic carbocycles. The van der Waals surface area contributed by atoms with Gasteiger partial charge in [-0.3, -0.25) is 4.79 Å². The van der Waals surface area contributed by atoms with Gasteiger partial charge in [0.15, 0.2) is 0 Å². The highest BCUT2D eigenvalue weighted by Crippen LogP contribution is 2.38. The standard InChI is InChI=1S/C12H15NO3S2/c1-16-11(14)9-7-5-3-4-6-8(7)18-10(9)13-12(15)17-2/h3-6H2,1-2H3,(H,13,15). The fourth-order valence-electron chi connectivity index (χ4n) is 2.12. The first-order valence-electron chi connectivity index (χ1n) is 5.75. The van der Waals surface area contributed by atoms with E-state index in [-0.39, 0.29) is 11.2 Å². The van der Waals surface area contributed by atoms with Crippen LogP contribution in [0.1, 0.15) is 33.6 Å². The third-order valence-corrected chi connectivity index (χ3v) is 4.64. The van der Waals surface area contributed by atoms with Crippen molar-refractivity contribution in [3.8, 4) is 0 Å². The molecule has 4 nitrogen and oxygen atoms in total. The SMILES string of the molecule is COC(=O)c1c(NC(=O)SC)sc2c1CCCC2. The van der Waals surface area contributed by atoms with Crippen LogP contribution in [0.25, 0.3) is 0 Å². The summed E-state index contributed by atoms with van der Waals surface area (Å²) in [6.07, 6.45) is 5.82. The molecule has 2 rings (SSSR count). The largest absolute Gasteiger partial charge is 0.465 e. The van der Waals surface area contributed by atoms with E-state index in [0.29, 0.717) is 10.6 Å². The number of hydrogen-bond donors (Lipinski definition) is 1. The molecule has 98 valence electrons. The van der Waals surface area contributed by atoms with E-state index in [9.17, 15) is 9.59 Å². The summed E-state index contributed by atoms with van der Waals surface area (Å²) in [6, 6.07) is 0. The van der Waals surface area contributed by atoms with Gasteiger partial charge in [-0.05, 0) is 37.5 Å². The maximum Gasteiger partial charge on any atom is 0.341 e. The highest BCUT2D eigenvalue weighted by Gasteiger charge is 2.26. The van der Waals surface area contributed by atoms with E-state index in [1.54, 1.807) is 6.26 Å². The average Bonchev–Trinajstić information content (AvgIpc) is 2.75. The van der Waals surface area contributed by atoms with Gasteiger partial charge in [0, 0.05) is 4.88 Å². The lowest BCUT2D eigenvalue weighted by Gasteiger charge is -2.11. The Morgan fingerprint density at radius 1 is 1.33 bits per heavy atom. The number of thioether (sulfide) groups is 1. The highest BCUT2D eigenvalue weighted by molar-refractivity contribution is 8.13. The Kier molecular flexibility index (Phi) is 4.29. The van der Waals surface area contributed by atoms with E-state index in [2.05, 4.69) is 5.32 Å². The lowest BCUT2D eigenvalue weighted by atomic mass is 9.95. The van der Waals surface area contributed by atoms with E-state index in [0.717, 1.165) is 43.0 Å². The third kappa shape index (κ3) is 2.54. The molecule has 1 aliphatic rings. The van der Waals surface area contributed by atoms with Gasteiger partial charge in [0.2, 0.25) is 0 Å². The van der Waals surface area contributed by atoms with E-state index in [1.807, 2.05) is 0 Å². The molecule has 1 amide bonds. The van der Waals surface area contributed by atoms with Crippen molar-refractivity contribution in [2.75, 3.05) is 18.7 Å². The Morgan fingerprint density at radius 3 is 2.72 bits per heavy atom. The van der Waals surface area contributed by atoms with Crippen LogP contribution in [0.3, 0.4) is 0 Å². The van der Waals surface area contributed by atoms with Gasteiger partial charge < -0.3 is 10.1 Å². The molecule has 0 unspecified atom stereocenters. The van der Waals surface area contributed by atoms with Crippen LogP contribution in [0.4, 0.5) is 9.80 Å². The molecule has 0 saturated heterocycles. The maximum atomic E-state index is 11.9. The van der Waals surface area contributed by atoms with Crippen LogP contribution < -0.4 is 5.32 Å². The topological polar surface area (TPSA) is 55.4 Å². The Morgan fingerprint density at radius 2 is 2.06 bits per heavy atom. The Bertz CT molecular complexity index is 482. The summed E-state index contributed by atoms with van der Waals surface area (Å²) in [5, 5.41) is 3.25. The third-order valence-electron chi connectivity index (χ3n) is 2.96. The summed E-state index contributed by atoms with van der Waals surface area (Å²) in [4.78, 5) is 24.5. The van der Waals surface area contributed by atoms with Crippen LogP contribution in [-0.4, -0.2) is 24.6 Å². The fourth-order valence-corrected chi connectivity index (χ4v) is 3.66. The summed E-state index contributed by atoms with van der Waals surface area (Å²) in [7, 11) is 1.37. The van der Waals surface area contributed by atoms with Crippen LogP contribution in [0, 0.1) is 0 Å². The molecular formula is C12H15NO3S2. The zero-order chi connectivity index (χ0) is 13.1. The van der Waals surface area contributed by atoms with Gasteiger partial charge in [-0.2, -0.15) is 0 Å². The maximum absolute atomic E-state index is 11.9. The number of aryl methyl sites for hydroxylation is 1. The molecular weight excluding hydrogens is 270 g/mol. The number of hydrogen-bond acceptors (Lipinski definition) is 5. The van der Waals surface area contributed by atoms with E-state index < -0.39 is 0 Å². The first-order chi connectivity index (χ1) is 8.67. The average molecular weight is 285 g/mol. The van der Waals surface area contributed by atoms with Crippen molar-refractivity contribution < 1.29 is 14.3 Å². The molecule has 0 spiro atoms. The predicted molar refractivity (Wildman–Crippen MR) is 74.8 cm³/mol. The number of esters is 1. The normalized spacial score (nSPS) is 13.9. The Hall–Kier alpha value is -1.01. The molecule has 0 saturated carbocycles. The van der Waals surface area contributed by atoms with Gasteiger partial charge in [-0.15, -0.1) is 11.3 Å². The molecule has 1 aliphatic carbocycles. The molecule has 0 aliphatic heterocycles. The summed E-state index contributed by atoms with van der Waals surface area (Å²) in [5.41, 5.74) is 1.62. The van der Waals surface area contributed by atoms with Gasteiger partial charge in [0.25, 0.3) is 5.24 Å². The zero-order valence-corrected chi connectivity index (χ0v) is 12.0. The predicted octanol–water partition coefficient (Wildman–Crippen LogP) is 3.31. The van der Waals surface area contributed by atoms with Crippen molar-refractivity contribution in [1.29, 1.82) is 0 Å². The minimum absolute atomic E-state index is 0.154. The molecule has 6 heteroatoms. The number of fused-ring (bicyclic) bond motifs is 1. The van der Waals surface area contributed by atoms with Crippen molar-refractivity contribution in [3.05, 3.63) is 16.0 Å². The fraction of sp³-hybridized carbons (Fsp3) is 0.500. The van der Waals surface area contributed by atoms with Crippen LogP contribution in [0.5, 0.6) is 0 Å². The molecule has 0 radical (unpaired) electrons. The smallest absolute Gasteiger partial charge is 0.341 e. The molecule has 18 heavy (non-hydrogen) atoms. The van der Waals surface area contributed by atoms with Crippen LogP contribution in [0.2, 0.25) is 0 Å². The number of rotatable bonds is 2. The van der Waals surface area contributed by atoms with E-state index >= 15 is 0 Å². The van der Waals surface area contributed by atoms with E-state index in [4.69, 9.17) is 4.74 Å². The van der Waals surface area contributed by atoms with Gasteiger partial charge in [0.1, 0.15) is 5.00 Å². The number of thiophene rings is 1. The number of ether oxygens (including phenoxy) is 1. The quantitative estimate of drug-likeness (QED) is 0.847. The van der Waals surface area contributed by atoms with Crippen molar-refractivity contribution >= 4 is 39.3 Å². The van der Waals surface area contributed by atoms with Crippen molar-refractivity contribution in [2.24, 2.45) is 0 Å². The van der Waals surface area contributed by atoms with Crippen LogP contribution in [-0.2, 0) is 17.6 Å². The Labute approximate surface area is 114 Å².